The first-order chi connectivity index (χ1) is 7.02. The van der Waals surface area contributed by atoms with E-state index >= 15 is 0 Å². The van der Waals surface area contributed by atoms with Gasteiger partial charge in [-0.1, -0.05) is 13.2 Å². The van der Waals surface area contributed by atoms with Crippen LogP contribution >= 0.6 is 0 Å². The Morgan fingerprint density at radius 2 is 2.13 bits per heavy atom. The van der Waals surface area contributed by atoms with E-state index in [1.807, 2.05) is 0 Å². The molecule has 82 valence electrons. The highest BCUT2D eigenvalue weighted by atomic mass is 16.5. The minimum atomic E-state index is -0.469. The third-order valence-electron chi connectivity index (χ3n) is 2.09. The van der Waals surface area contributed by atoms with Gasteiger partial charge in [0.05, 0.1) is 7.11 Å². The molecule has 0 aromatic heterocycles. The van der Waals surface area contributed by atoms with Gasteiger partial charge in [-0.2, -0.15) is 0 Å². The summed E-state index contributed by atoms with van der Waals surface area (Å²) in [6.07, 6.45) is 2.52. The molecular weight excluding hydrogens is 192 g/mol. The molecule has 0 aliphatic rings. The van der Waals surface area contributed by atoms with Crippen LogP contribution in [0.4, 0.5) is 0 Å². The van der Waals surface area contributed by atoms with Crippen molar-refractivity contribution in [3.8, 4) is 0 Å². The van der Waals surface area contributed by atoms with Gasteiger partial charge >= 0.3 is 5.97 Å². The summed E-state index contributed by atoms with van der Waals surface area (Å²) in [5.74, 6) is -0.693. The van der Waals surface area contributed by atoms with Gasteiger partial charge in [-0.15, -0.1) is 5.73 Å². The van der Waals surface area contributed by atoms with E-state index in [1.165, 1.54) is 14.0 Å². The molecule has 0 aromatic rings. The third kappa shape index (κ3) is 4.99. The average Bonchev–Trinajstić information content (AvgIpc) is 2.22. The summed E-state index contributed by atoms with van der Waals surface area (Å²) in [5.41, 5.74) is 2.91. The molecule has 0 aliphatic heterocycles. The molecule has 1 atom stereocenters. The number of carbonyl (C=O) groups is 2. The summed E-state index contributed by atoms with van der Waals surface area (Å²) in [4.78, 5) is 22.3. The molecule has 0 bridgehead atoms. The van der Waals surface area contributed by atoms with Crippen molar-refractivity contribution in [2.75, 3.05) is 7.11 Å². The molecule has 0 aliphatic carbocycles. The van der Waals surface area contributed by atoms with Crippen LogP contribution in [0, 0.1) is 5.92 Å². The van der Waals surface area contributed by atoms with Crippen LogP contribution in [-0.2, 0) is 14.3 Å². The number of hydrogen-bond donors (Lipinski definition) is 0. The van der Waals surface area contributed by atoms with Crippen LogP contribution in [0.3, 0.4) is 0 Å². The standard InChI is InChI=1S/C12H16O3/c1-5-6-7-11(10(3)13)8-9(2)12(14)15-4/h6,11H,1-2,7-8H2,3-4H3. The molecule has 0 N–H and O–H groups in total. The first-order valence-corrected chi connectivity index (χ1v) is 4.63. The van der Waals surface area contributed by atoms with Gasteiger partial charge in [0.2, 0.25) is 0 Å². The van der Waals surface area contributed by atoms with Crippen molar-refractivity contribution in [3.63, 3.8) is 0 Å². The highest BCUT2D eigenvalue weighted by Crippen LogP contribution is 2.16. The molecule has 0 aromatic carbocycles. The first kappa shape index (κ1) is 13.4. The second kappa shape index (κ2) is 6.80. The summed E-state index contributed by atoms with van der Waals surface area (Å²) in [7, 11) is 1.29. The van der Waals surface area contributed by atoms with Gasteiger partial charge in [-0.05, 0) is 25.8 Å². The smallest absolute Gasteiger partial charge is 0.333 e. The van der Waals surface area contributed by atoms with E-state index in [4.69, 9.17) is 0 Å². The number of allylic oxidation sites excluding steroid dienone is 1. The summed E-state index contributed by atoms with van der Waals surface area (Å²) in [6, 6.07) is 0. The Balaban J connectivity index is 4.41. The quantitative estimate of drug-likeness (QED) is 0.381. The van der Waals surface area contributed by atoms with Crippen molar-refractivity contribution in [1.82, 2.24) is 0 Å². The third-order valence-corrected chi connectivity index (χ3v) is 2.09. The van der Waals surface area contributed by atoms with Crippen molar-refractivity contribution in [1.29, 1.82) is 0 Å². The largest absolute Gasteiger partial charge is 0.466 e. The van der Waals surface area contributed by atoms with Gasteiger partial charge in [-0.3, -0.25) is 4.79 Å². The number of ether oxygens (including phenoxy) is 1. The van der Waals surface area contributed by atoms with Gasteiger partial charge in [-0.25, -0.2) is 4.79 Å². The van der Waals surface area contributed by atoms with Crippen LogP contribution < -0.4 is 0 Å². The lowest BCUT2D eigenvalue weighted by Crippen LogP contribution is -2.14. The fourth-order valence-electron chi connectivity index (χ4n) is 1.14. The Hall–Kier alpha value is -1.60. The maximum atomic E-state index is 11.2. The lowest BCUT2D eigenvalue weighted by atomic mass is 9.93. The lowest BCUT2D eigenvalue weighted by molar-refractivity contribution is -0.136. The van der Waals surface area contributed by atoms with Crippen molar-refractivity contribution < 1.29 is 14.3 Å². The zero-order valence-corrected chi connectivity index (χ0v) is 9.21. The predicted molar refractivity (Wildman–Crippen MR) is 58.3 cm³/mol. The van der Waals surface area contributed by atoms with Crippen LogP contribution in [0.5, 0.6) is 0 Å². The van der Waals surface area contributed by atoms with E-state index < -0.39 is 5.97 Å². The Morgan fingerprint density at radius 1 is 1.53 bits per heavy atom. The van der Waals surface area contributed by atoms with E-state index in [0.29, 0.717) is 18.4 Å². The second-order valence-corrected chi connectivity index (χ2v) is 3.25. The number of ketones is 1. The van der Waals surface area contributed by atoms with Crippen LogP contribution in [0.25, 0.3) is 0 Å². The van der Waals surface area contributed by atoms with Crippen LogP contribution in [-0.4, -0.2) is 18.9 Å². The normalized spacial score (nSPS) is 11.1. The molecule has 3 nitrogen and oxygen atoms in total. The highest BCUT2D eigenvalue weighted by Gasteiger charge is 2.17. The number of carbonyl (C=O) groups excluding carboxylic acids is 2. The molecule has 0 saturated heterocycles. The molecule has 0 rings (SSSR count). The minimum absolute atomic E-state index is 0.0200. The van der Waals surface area contributed by atoms with E-state index in [1.54, 1.807) is 6.08 Å². The number of hydrogen-bond acceptors (Lipinski definition) is 3. The van der Waals surface area contributed by atoms with Gasteiger partial charge in [0, 0.05) is 11.5 Å². The molecular formula is C12H16O3. The fourth-order valence-corrected chi connectivity index (χ4v) is 1.14. The maximum absolute atomic E-state index is 11.2. The molecule has 1 unspecified atom stereocenters. The molecule has 0 amide bonds. The lowest BCUT2D eigenvalue weighted by Gasteiger charge is -2.11. The maximum Gasteiger partial charge on any atom is 0.333 e. The van der Waals surface area contributed by atoms with Crippen LogP contribution in [0.1, 0.15) is 19.8 Å². The first-order valence-electron chi connectivity index (χ1n) is 4.63. The number of rotatable bonds is 6. The van der Waals surface area contributed by atoms with Crippen LogP contribution in [0.15, 0.2) is 30.5 Å². The Kier molecular flexibility index (Phi) is 6.07. The van der Waals surface area contributed by atoms with Crippen molar-refractivity contribution in [2.24, 2.45) is 5.92 Å². The van der Waals surface area contributed by atoms with E-state index in [2.05, 4.69) is 23.6 Å². The zero-order chi connectivity index (χ0) is 11.8. The highest BCUT2D eigenvalue weighted by molar-refractivity contribution is 5.89. The topological polar surface area (TPSA) is 43.4 Å². The van der Waals surface area contributed by atoms with E-state index in [0.717, 1.165) is 0 Å². The SMILES string of the molecule is C=C=CCC(CC(=C)C(=O)OC)C(C)=O. The molecule has 0 saturated carbocycles. The van der Waals surface area contributed by atoms with Gasteiger partial charge in [0.15, 0.2) is 0 Å². The summed E-state index contributed by atoms with van der Waals surface area (Å²) >= 11 is 0. The predicted octanol–water partition coefficient (Wildman–Crippen LogP) is 2.04. The molecule has 15 heavy (non-hydrogen) atoms. The Bertz CT molecular complexity index is 309. The number of methoxy groups -OCH3 is 1. The summed E-state index contributed by atoms with van der Waals surface area (Å²) in [5, 5.41) is 0. The Labute approximate surface area is 90.1 Å². The molecule has 3 heteroatoms. The number of Topliss-reactive ketones (excluding diaryl/α,β-unsaturated/α-hetero) is 1. The van der Waals surface area contributed by atoms with Crippen LogP contribution in [0.2, 0.25) is 0 Å². The summed E-state index contributed by atoms with van der Waals surface area (Å²) < 4.78 is 4.51. The average molecular weight is 208 g/mol. The summed E-state index contributed by atoms with van der Waals surface area (Å²) in [6.45, 7) is 8.49. The minimum Gasteiger partial charge on any atom is -0.466 e. The fraction of sp³-hybridized carbons (Fsp3) is 0.417. The van der Waals surface area contributed by atoms with Gasteiger partial charge in [0.1, 0.15) is 5.78 Å². The van der Waals surface area contributed by atoms with Crippen molar-refractivity contribution >= 4 is 11.8 Å². The van der Waals surface area contributed by atoms with E-state index in [9.17, 15) is 9.59 Å². The molecule has 0 radical (unpaired) electrons. The second-order valence-electron chi connectivity index (χ2n) is 3.25. The molecule has 0 fully saturated rings. The van der Waals surface area contributed by atoms with Gasteiger partial charge < -0.3 is 4.74 Å². The molecule has 0 heterocycles. The number of esters is 1. The van der Waals surface area contributed by atoms with E-state index in [-0.39, 0.29) is 11.7 Å². The zero-order valence-electron chi connectivity index (χ0n) is 9.21. The van der Waals surface area contributed by atoms with Crippen molar-refractivity contribution in [3.05, 3.63) is 30.5 Å². The Morgan fingerprint density at radius 3 is 2.53 bits per heavy atom. The van der Waals surface area contributed by atoms with Crippen molar-refractivity contribution in [2.45, 2.75) is 19.8 Å². The monoisotopic (exact) mass is 208 g/mol. The molecule has 0 spiro atoms. The van der Waals surface area contributed by atoms with Gasteiger partial charge in [0.25, 0.3) is 0 Å².